The Labute approximate surface area is 111 Å². The van der Waals surface area contributed by atoms with Crippen LogP contribution in [0.3, 0.4) is 0 Å². The second-order valence-electron chi connectivity index (χ2n) is 4.90. The smallest absolute Gasteiger partial charge is 0.293 e. The molecular formula is C13H15N3O3. The van der Waals surface area contributed by atoms with Gasteiger partial charge in [0.1, 0.15) is 11.1 Å². The summed E-state index contributed by atoms with van der Waals surface area (Å²) in [5.41, 5.74) is 0.290. The number of benzene rings is 1. The number of aryl methyl sites for hydroxylation is 2. The van der Waals surface area contributed by atoms with Crippen LogP contribution in [0.1, 0.15) is 25.0 Å². The number of carbonyl (C=O) groups excluding carboxylic acids is 1. The van der Waals surface area contributed by atoms with Gasteiger partial charge in [-0.3, -0.25) is 14.9 Å². The molecule has 0 aromatic heterocycles. The average molecular weight is 261 g/mol. The Morgan fingerprint density at radius 3 is 2.37 bits per heavy atom. The minimum Gasteiger partial charge on any atom is -0.319 e. The van der Waals surface area contributed by atoms with E-state index in [4.69, 9.17) is 5.26 Å². The van der Waals surface area contributed by atoms with Gasteiger partial charge in [0.2, 0.25) is 5.91 Å². The normalized spacial score (nSPS) is 10.7. The highest BCUT2D eigenvalue weighted by atomic mass is 16.6. The molecule has 6 nitrogen and oxygen atoms in total. The maximum atomic E-state index is 11.9. The van der Waals surface area contributed by atoms with Crippen molar-refractivity contribution < 1.29 is 9.72 Å². The van der Waals surface area contributed by atoms with Crippen molar-refractivity contribution in [1.29, 1.82) is 5.26 Å². The van der Waals surface area contributed by atoms with Crippen LogP contribution in [0.5, 0.6) is 0 Å². The zero-order valence-corrected chi connectivity index (χ0v) is 11.3. The first kappa shape index (κ1) is 14.6. The fraction of sp³-hybridized carbons (Fsp3) is 0.385. The molecule has 0 bridgehead atoms. The van der Waals surface area contributed by atoms with Crippen molar-refractivity contribution in [1.82, 2.24) is 0 Å². The third-order valence-electron chi connectivity index (χ3n) is 2.90. The summed E-state index contributed by atoms with van der Waals surface area (Å²) in [5.74, 6) is -0.568. The molecule has 1 N–H and O–H groups in total. The Morgan fingerprint density at radius 1 is 1.37 bits per heavy atom. The summed E-state index contributed by atoms with van der Waals surface area (Å²) >= 11 is 0. The zero-order valence-electron chi connectivity index (χ0n) is 11.3. The van der Waals surface area contributed by atoms with E-state index in [2.05, 4.69) is 5.32 Å². The van der Waals surface area contributed by atoms with Crippen LogP contribution in [-0.2, 0) is 4.79 Å². The second-order valence-corrected chi connectivity index (χ2v) is 4.90. The molecule has 100 valence electrons. The number of amides is 1. The molecule has 6 heteroatoms. The van der Waals surface area contributed by atoms with E-state index in [1.165, 1.54) is 19.9 Å². The van der Waals surface area contributed by atoms with Crippen molar-refractivity contribution in [2.24, 2.45) is 5.41 Å². The van der Waals surface area contributed by atoms with Crippen LogP contribution in [-0.4, -0.2) is 10.8 Å². The van der Waals surface area contributed by atoms with Gasteiger partial charge in [-0.2, -0.15) is 5.26 Å². The monoisotopic (exact) mass is 261 g/mol. The van der Waals surface area contributed by atoms with E-state index < -0.39 is 16.2 Å². The van der Waals surface area contributed by atoms with E-state index in [1.807, 2.05) is 6.07 Å². The molecule has 0 aliphatic carbocycles. The summed E-state index contributed by atoms with van der Waals surface area (Å²) in [4.78, 5) is 22.3. The van der Waals surface area contributed by atoms with E-state index in [-0.39, 0.29) is 11.4 Å². The lowest BCUT2D eigenvalue weighted by Crippen LogP contribution is -2.29. The molecule has 0 radical (unpaired) electrons. The Balaban J connectivity index is 3.22. The third-order valence-corrected chi connectivity index (χ3v) is 2.90. The van der Waals surface area contributed by atoms with Crippen LogP contribution in [0.15, 0.2) is 12.1 Å². The van der Waals surface area contributed by atoms with E-state index in [0.29, 0.717) is 0 Å². The van der Waals surface area contributed by atoms with Crippen LogP contribution in [0.4, 0.5) is 11.4 Å². The van der Waals surface area contributed by atoms with Crippen LogP contribution >= 0.6 is 0 Å². The Kier molecular flexibility index (Phi) is 3.90. The first-order chi connectivity index (χ1) is 8.69. The molecule has 0 saturated carbocycles. The van der Waals surface area contributed by atoms with E-state index in [9.17, 15) is 14.9 Å². The molecule has 0 atom stereocenters. The molecule has 1 amide bonds. The topological polar surface area (TPSA) is 96.0 Å². The van der Waals surface area contributed by atoms with Crippen LogP contribution in [0, 0.1) is 40.7 Å². The number of nitro benzene ring substituents is 1. The minimum atomic E-state index is -1.24. The van der Waals surface area contributed by atoms with Crippen molar-refractivity contribution in [3.63, 3.8) is 0 Å². The molecule has 0 fully saturated rings. The van der Waals surface area contributed by atoms with Gasteiger partial charge in [0.25, 0.3) is 5.69 Å². The lowest BCUT2D eigenvalue weighted by atomic mass is 9.94. The molecule has 0 unspecified atom stereocenters. The third kappa shape index (κ3) is 3.07. The van der Waals surface area contributed by atoms with Gasteiger partial charge in [-0.25, -0.2) is 0 Å². The number of rotatable bonds is 3. The minimum absolute atomic E-state index is 0.112. The maximum absolute atomic E-state index is 11.9. The Bertz CT molecular complexity index is 586. The molecule has 1 aromatic carbocycles. The van der Waals surface area contributed by atoms with E-state index >= 15 is 0 Å². The van der Waals surface area contributed by atoms with Gasteiger partial charge in [-0.1, -0.05) is 0 Å². The van der Waals surface area contributed by atoms with Gasteiger partial charge >= 0.3 is 0 Å². The number of nitrogens with zero attached hydrogens (tertiary/aromatic N) is 2. The summed E-state index contributed by atoms with van der Waals surface area (Å²) in [6, 6.07) is 4.80. The molecule has 0 saturated heterocycles. The largest absolute Gasteiger partial charge is 0.319 e. The van der Waals surface area contributed by atoms with Gasteiger partial charge in [0, 0.05) is 6.07 Å². The lowest BCUT2D eigenvalue weighted by Gasteiger charge is -2.15. The number of hydrogen-bond donors (Lipinski definition) is 1. The predicted octanol–water partition coefficient (Wildman–Crippen LogP) is 2.70. The fourth-order valence-corrected chi connectivity index (χ4v) is 1.38. The quantitative estimate of drug-likeness (QED) is 0.668. The first-order valence-electron chi connectivity index (χ1n) is 5.67. The molecular weight excluding hydrogens is 246 g/mol. The van der Waals surface area contributed by atoms with Crippen LogP contribution in [0.25, 0.3) is 0 Å². The van der Waals surface area contributed by atoms with Gasteiger partial charge in [-0.05, 0) is 44.9 Å². The number of carbonyl (C=O) groups is 1. The Hall–Kier alpha value is -2.42. The van der Waals surface area contributed by atoms with Crippen molar-refractivity contribution in [2.45, 2.75) is 27.7 Å². The molecule has 1 rings (SSSR count). The summed E-state index contributed by atoms with van der Waals surface area (Å²) in [6.07, 6.45) is 0. The number of nitrogens with one attached hydrogen (secondary N) is 1. The summed E-state index contributed by atoms with van der Waals surface area (Å²) < 4.78 is 0. The van der Waals surface area contributed by atoms with Gasteiger partial charge in [-0.15, -0.1) is 0 Å². The lowest BCUT2D eigenvalue weighted by molar-refractivity contribution is -0.384. The maximum Gasteiger partial charge on any atom is 0.293 e. The molecule has 0 aliphatic heterocycles. The van der Waals surface area contributed by atoms with Gasteiger partial charge in [0.15, 0.2) is 0 Å². The highest BCUT2D eigenvalue weighted by Crippen LogP contribution is 2.29. The summed E-state index contributed by atoms with van der Waals surface area (Å²) in [7, 11) is 0. The average Bonchev–Trinajstić information content (AvgIpc) is 2.32. The summed E-state index contributed by atoms with van der Waals surface area (Å²) in [6.45, 7) is 6.46. The molecule has 0 spiro atoms. The van der Waals surface area contributed by atoms with E-state index in [1.54, 1.807) is 19.9 Å². The second kappa shape index (κ2) is 5.06. The highest BCUT2D eigenvalue weighted by Gasteiger charge is 2.29. The SMILES string of the molecule is Cc1cc(NC(=O)C(C)(C)C#N)c([N+](=O)[O-])cc1C. The first-order valence-corrected chi connectivity index (χ1v) is 5.67. The van der Waals surface area contributed by atoms with Crippen LogP contribution in [0.2, 0.25) is 0 Å². The Morgan fingerprint density at radius 2 is 1.89 bits per heavy atom. The molecule has 0 aliphatic rings. The number of hydrogen-bond acceptors (Lipinski definition) is 4. The van der Waals surface area contributed by atoms with Gasteiger partial charge in [0.05, 0.1) is 11.0 Å². The number of nitriles is 1. The number of anilines is 1. The van der Waals surface area contributed by atoms with Crippen molar-refractivity contribution >= 4 is 17.3 Å². The zero-order chi connectivity index (χ0) is 14.8. The molecule has 1 aromatic rings. The standard InChI is InChI=1S/C13H15N3O3/c1-8-5-10(11(16(18)19)6-9(8)2)15-12(17)13(3,4)7-14/h5-6H,1-4H3,(H,15,17). The fourth-order valence-electron chi connectivity index (χ4n) is 1.38. The molecule has 19 heavy (non-hydrogen) atoms. The van der Waals surface area contributed by atoms with Crippen molar-refractivity contribution in [3.05, 3.63) is 33.4 Å². The van der Waals surface area contributed by atoms with Crippen molar-refractivity contribution in [3.8, 4) is 6.07 Å². The highest BCUT2D eigenvalue weighted by molar-refractivity contribution is 5.98. The summed E-state index contributed by atoms with van der Waals surface area (Å²) in [5, 5.41) is 22.3. The number of nitro groups is 1. The van der Waals surface area contributed by atoms with Crippen molar-refractivity contribution in [2.75, 3.05) is 5.32 Å². The molecule has 0 heterocycles. The predicted molar refractivity (Wildman–Crippen MR) is 70.6 cm³/mol. The van der Waals surface area contributed by atoms with Crippen LogP contribution < -0.4 is 5.32 Å². The van der Waals surface area contributed by atoms with E-state index in [0.717, 1.165) is 11.1 Å². The van der Waals surface area contributed by atoms with Gasteiger partial charge < -0.3 is 5.32 Å².